The molecule has 0 aromatic heterocycles. The van der Waals surface area contributed by atoms with Crippen molar-refractivity contribution in [2.24, 2.45) is 0 Å². The molecule has 0 spiro atoms. The summed E-state index contributed by atoms with van der Waals surface area (Å²) in [6.45, 7) is 1.87. The summed E-state index contributed by atoms with van der Waals surface area (Å²) in [4.78, 5) is 12.0. The molecule has 3 aromatic carbocycles. The Hall–Kier alpha value is -2.33. The normalized spacial score (nSPS) is 10.5. The highest BCUT2D eigenvalue weighted by molar-refractivity contribution is 9.10. The van der Waals surface area contributed by atoms with Crippen molar-refractivity contribution < 1.29 is 14.3 Å². The van der Waals surface area contributed by atoms with E-state index in [-0.39, 0.29) is 6.61 Å². The lowest BCUT2D eigenvalue weighted by atomic mass is 10.1. The van der Waals surface area contributed by atoms with Crippen LogP contribution in [0.5, 0.6) is 11.5 Å². The number of carbonyl (C=O) groups is 1. The first-order valence-corrected chi connectivity index (χ1v) is 8.00. The summed E-state index contributed by atoms with van der Waals surface area (Å²) in [5.41, 5.74) is 1.14. The molecule has 0 radical (unpaired) electrons. The third-order valence-corrected chi connectivity index (χ3v) is 4.12. The topological polar surface area (TPSA) is 35.5 Å². The van der Waals surface area contributed by atoms with Gasteiger partial charge in [-0.1, -0.05) is 57.9 Å². The van der Waals surface area contributed by atoms with Gasteiger partial charge >= 0.3 is 5.97 Å². The molecule has 0 saturated heterocycles. The van der Waals surface area contributed by atoms with Crippen LogP contribution in [-0.2, 0) is 4.79 Å². The fraction of sp³-hybridized carbons (Fsp3) is 0.105. The molecule has 0 N–H and O–H groups in total. The molecule has 4 heteroatoms. The van der Waals surface area contributed by atoms with Crippen molar-refractivity contribution in [3.63, 3.8) is 0 Å². The van der Waals surface area contributed by atoms with Crippen LogP contribution in [0.25, 0.3) is 10.8 Å². The second-order valence-electron chi connectivity index (χ2n) is 5.17. The number of hydrogen-bond acceptors (Lipinski definition) is 3. The van der Waals surface area contributed by atoms with Crippen molar-refractivity contribution in [1.82, 2.24) is 0 Å². The van der Waals surface area contributed by atoms with Gasteiger partial charge in [-0.15, -0.1) is 0 Å². The molecule has 0 unspecified atom stereocenters. The number of esters is 1. The molecule has 3 rings (SSSR count). The Morgan fingerprint density at radius 3 is 2.39 bits per heavy atom. The van der Waals surface area contributed by atoms with Crippen LogP contribution >= 0.6 is 15.9 Å². The zero-order chi connectivity index (χ0) is 16.2. The number of hydrogen-bond donors (Lipinski definition) is 0. The van der Waals surface area contributed by atoms with Crippen molar-refractivity contribution in [3.8, 4) is 11.5 Å². The maximum absolute atomic E-state index is 12.0. The van der Waals surface area contributed by atoms with Crippen LogP contribution in [0, 0.1) is 6.92 Å². The maximum atomic E-state index is 12.0. The van der Waals surface area contributed by atoms with Gasteiger partial charge in [-0.05, 0) is 36.6 Å². The van der Waals surface area contributed by atoms with Crippen molar-refractivity contribution in [3.05, 3.63) is 70.7 Å². The highest BCUT2D eigenvalue weighted by Crippen LogP contribution is 2.31. The largest absolute Gasteiger partial charge is 0.482 e. The van der Waals surface area contributed by atoms with Crippen molar-refractivity contribution in [2.45, 2.75) is 6.92 Å². The van der Waals surface area contributed by atoms with E-state index in [2.05, 4.69) is 15.9 Å². The minimum atomic E-state index is -0.432. The third kappa shape index (κ3) is 3.71. The number of carbonyl (C=O) groups excluding carboxylic acids is 1. The van der Waals surface area contributed by atoms with Gasteiger partial charge in [-0.2, -0.15) is 0 Å². The zero-order valence-electron chi connectivity index (χ0n) is 12.6. The van der Waals surface area contributed by atoms with Crippen molar-refractivity contribution in [1.29, 1.82) is 0 Å². The average Bonchev–Trinajstić information content (AvgIpc) is 2.57. The number of halogens is 1. The molecule has 0 heterocycles. The summed E-state index contributed by atoms with van der Waals surface area (Å²) >= 11 is 3.50. The smallest absolute Gasteiger partial charge is 0.349 e. The molecule has 0 amide bonds. The van der Waals surface area contributed by atoms with Crippen molar-refractivity contribution >= 4 is 32.7 Å². The molecule has 0 fully saturated rings. The van der Waals surface area contributed by atoms with E-state index in [4.69, 9.17) is 9.47 Å². The summed E-state index contributed by atoms with van der Waals surface area (Å²) in [5.74, 6) is 0.743. The van der Waals surface area contributed by atoms with E-state index in [0.29, 0.717) is 11.5 Å². The van der Waals surface area contributed by atoms with Crippen LogP contribution in [0.2, 0.25) is 0 Å². The molecule has 0 atom stereocenters. The number of ether oxygens (including phenoxy) is 2. The van der Waals surface area contributed by atoms with Crippen molar-refractivity contribution in [2.75, 3.05) is 6.61 Å². The standard InChI is InChI=1S/C19H15BrO3/c1-13-6-8-14(9-7-13)22-12-19(21)23-18-11-10-17(20)15-4-2-3-5-16(15)18/h2-11H,12H2,1H3. The first kappa shape index (κ1) is 15.6. The van der Waals surface area contributed by atoms with Gasteiger partial charge < -0.3 is 9.47 Å². The van der Waals surface area contributed by atoms with E-state index in [1.165, 1.54) is 0 Å². The van der Waals surface area contributed by atoms with Gasteiger partial charge in [-0.25, -0.2) is 4.79 Å². The first-order valence-electron chi connectivity index (χ1n) is 7.21. The Balaban J connectivity index is 1.71. The average molecular weight is 371 g/mol. The minimum Gasteiger partial charge on any atom is -0.482 e. The lowest BCUT2D eigenvalue weighted by Crippen LogP contribution is -2.17. The molecule has 0 aliphatic carbocycles. The van der Waals surface area contributed by atoms with E-state index in [0.717, 1.165) is 20.8 Å². The SMILES string of the molecule is Cc1ccc(OCC(=O)Oc2ccc(Br)c3ccccc23)cc1. The summed E-state index contributed by atoms with van der Waals surface area (Å²) in [7, 11) is 0. The predicted molar refractivity (Wildman–Crippen MR) is 94.0 cm³/mol. The lowest BCUT2D eigenvalue weighted by Gasteiger charge is -2.10. The fourth-order valence-corrected chi connectivity index (χ4v) is 2.73. The summed E-state index contributed by atoms with van der Waals surface area (Å²) in [6, 6.07) is 18.9. The first-order chi connectivity index (χ1) is 11.1. The number of rotatable bonds is 4. The van der Waals surface area contributed by atoms with Crippen LogP contribution in [0.4, 0.5) is 0 Å². The minimum absolute atomic E-state index is 0.131. The van der Waals surface area contributed by atoms with E-state index < -0.39 is 5.97 Å². The van der Waals surface area contributed by atoms with Crippen LogP contribution in [0.3, 0.4) is 0 Å². The number of aryl methyl sites for hydroxylation is 1. The second kappa shape index (κ2) is 6.84. The van der Waals surface area contributed by atoms with E-state index in [1.54, 1.807) is 6.07 Å². The molecular formula is C19H15BrO3. The summed E-state index contributed by atoms with van der Waals surface area (Å²) in [6.07, 6.45) is 0. The van der Waals surface area contributed by atoms with Crippen LogP contribution in [-0.4, -0.2) is 12.6 Å². The molecule has 3 aromatic rings. The molecule has 23 heavy (non-hydrogen) atoms. The molecule has 0 saturated carbocycles. The molecule has 0 aliphatic rings. The highest BCUT2D eigenvalue weighted by atomic mass is 79.9. The number of fused-ring (bicyclic) bond motifs is 1. The Kier molecular flexibility index (Phi) is 4.63. The molecule has 3 nitrogen and oxygen atoms in total. The fourth-order valence-electron chi connectivity index (χ4n) is 2.25. The van der Waals surface area contributed by atoms with Gasteiger partial charge in [0.25, 0.3) is 0 Å². The monoisotopic (exact) mass is 370 g/mol. The van der Waals surface area contributed by atoms with Gasteiger partial charge in [0.1, 0.15) is 11.5 Å². The van der Waals surface area contributed by atoms with Gasteiger partial charge in [0, 0.05) is 9.86 Å². The predicted octanol–water partition coefficient (Wildman–Crippen LogP) is 4.90. The van der Waals surface area contributed by atoms with Crippen LogP contribution < -0.4 is 9.47 Å². The molecular weight excluding hydrogens is 356 g/mol. The van der Waals surface area contributed by atoms with E-state index >= 15 is 0 Å². The Bertz CT molecular complexity index is 841. The molecule has 0 bridgehead atoms. The number of benzene rings is 3. The van der Waals surface area contributed by atoms with Gasteiger partial charge in [0.2, 0.25) is 0 Å². The highest BCUT2D eigenvalue weighted by Gasteiger charge is 2.10. The summed E-state index contributed by atoms with van der Waals surface area (Å²) in [5, 5.41) is 1.88. The van der Waals surface area contributed by atoms with Gasteiger partial charge in [0.05, 0.1) is 0 Å². The Labute approximate surface area is 143 Å². The van der Waals surface area contributed by atoms with E-state index in [9.17, 15) is 4.79 Å². The second-order valence-corrected chi connectivity index (χ2v) is 6.02. The third-order valence-electron chi connectivity index (χ3n) is 3.43. The Morgan fingerprint density at radius 2 is 1.65 bits per heavy atom. The zero-order valence-corrected chi connectivity index (χ0v) is 14.2. The van der Waals surface area contributed by atoms with Crippen LogP contribution in [0.1, 0.15) is 5.56 Å². The van der Waals surface area contributed by atoms with Gasteiger partial charge in [0.15, 0.2) is 6.61 Å². The van der Waals surface area contributed by atoms with Gasteiger partial charge in [-0.3, -0.25) is 0 Å². The summed E-state index contributed by atoms with van der Waals surface area (Å²) < 4.78 is 11.9. The molecule has 116 valence electrons. The molecule has 0 aliphatic heterocycles. The maximum Gasteiger partial charge on any atom is 0.349 e. The quantitative estimate of drug-likeness (QED) is 0.484. The van der Waals surface area contributed by atoms with Crippen LogP contribution in [0.15, 0.2) is 65.1 Å². The Morgan fingerprint density at radius 1 is 0.957 bits per heavy atom. The van der Waals surface area contributed by atoms with E-state index in [1.807, 2.05) is 61.5 Å². The lowest BCUT2D eigenvalue weighted by molar-refractivity contribution is -0.136.